The standard InChI is InChI=1S/C21H23N3O3S2/c1-14-22-19-13-16(9-12-20(19)28-14)23-21(25)15-7-10-18(11-8-15)29(26,27)24(2)17-5-3-4-6-17/h7-13,17H,3-6H2,1-2H3,(H,23,25). The molecule has 1 heterocycles. The number of carbonyl (C=O) groups is 1. The number of rotatable bonds is 5. The fraction of sp³-hybridized carbons (Fsp3) is 0.333. The molecule has 152 valence electrons. The number of amides is 1. The summed E-state index contributed by atoms with van der Waals surface area (Å²) in [5.74, 6) is -0.288. The normalized spacial score (nSPS) is 15.3. The van der Waals surface area contributed by atoms with Crippen molar-refractivity contribution in [3.05, 3.63) is 53.0 Å². The Hall–Kier alpha value is -2.29. The number of nitrogens with zero attached hydrogens (tertiary/aromatic N) is 2. The van der Waals surface area contributed by atoms with E-state index in [1.54, 1.807) is 30.5 Å². The Balaban J connectivity index is 1.49. The molecule has 1 aliphatic carbocycles. The van der Waals surface area contributed by atoms with E-state index < -0.39 is 10.0 Å². The number of hydrogen-bond donors (Lipinski definition) is 1. The Bertz CT molecular complexity index is 1150. The van der Waals surface area contributed by atoms with Crippen LogP contribution >= 0.6 is 11.3 Å². The molecule has 4 rings (SSSR count). The Morgan fingerprint density at radius 2 is 1.83 bits per heavy atom. The molecular formula is C21H23N3O3S2. The number of benzene rings is 2. The topological polar surface area (TPSA) is 79.4 Å². The van der Waals surface area contributed by atoms with Crippen LogP contribution in [0.5, 0.6) is 0 Å². The van der Waals surface area contributed by atoms with Crippen molar-refractivity contribution in [1.29, 1.82) is 0 Å². The maximum Gasteiger partial charge on any atom is 0.255 e. The third kappa shape index (κ3) is 4.05. The molecule has 1 saturated carbocycles. The summed E-state index contributed by atoms with van der Waals surface area (Å²) >= 11 is 1.61. The molecule has 0 saturated heterocycles. The molecule has 1 amide bonds. The lowest BCUT2D eigenvalue weighted by molar-refractivity contribution is 0.102. The highest BCUT2D eigenvalue weighted by atomic mass is 32.2. The number of thiazole rings is 1. The Morgan fingerprint density at radius 1 is 1.14 bits per heavy atom. The lowest BCUT2D eigenvalue weighted by Crippen LogP contribution is -2.35. The third-order valence-corrected chi connectivity index (χ3v) is 8.26. The van der Waals surface area contributed by atoms with Gasteiger partial charge in [0.2, 0.25) is 10.0 Å². The summed E-state index contributed by atoms with van der Waals surface area (Å²) in [5, 5.41) is 3.83. The van der Waals surface area contributed by atoms with Gasteiger partial charge >= 0.3 is 0 Å². The van der Waals surface area contributed by atoms with Crippen molar-refractivity contribution in [1.82, 2.24) is 9.29 Å². The van der Waals surface area contributed by atoms with Crippen molar-refractivity contribution in [3.63, 3.8) is 0 Å². The molecule has 0 unspecified atom stereocenters. The minimum Gasteiger partial charge on any atom is -0.322 e. The molecule has 0 radical (unpaired) electrons. The van der Waals surface area contributed by atoms with Crippen LogP contribution in [0.1, 0.15) is 41.0 Å². The summed E-state index contributed by atoms with van der Waals surface area (Å²) < 4.78 is 28.2. The van der Waals surface area contributed by atoms with Gasteiger partial charge in [0, 0.05) is 24.3 Å². The molecule has 8 heteroatoms. The average molecular weight is 430 g/mol. The summed E-state index contributed by atoms with van der Waals surface area (Å²) in [6.45, 7) is 1.95. The largest absolute Gasteiger partial charge is 0.322 e. The van der Waals surface area contributed by atoms with E-state index in [1.807, 2.05) is 25.1 Å². The first-order valence-corrected chi connectivity index (χ1v) is 11.9. The number of anilines is 1. The van der Waals surface area contributed by atoms with Crippen molar-refractivity contribution in [2.24, 2.45) is 0 Å². The smallest absolute Gasteiger partial charge is 0.255 e. The quantitative estimate of drug-likeness (QED) is 0.651. The first-order chi connectivity index (χ1) is 13.8. The van der Waals surface area contributed by atoms with Crippen LogP contribution in [-0.4, -0.2) is 36.7 Å². The first-order valence-electron chi connectivity index (χ1n) is 9.61. The van der Waals surface area contributed by atoms with Gasteiger partial charge in [0.1, 0.15) is 0 Å². The molecule has 2 aromatic carbocycles. The fourth-order valence-corrected chi connectivity index (χ4v) is 5.96. The van der Waals surface area contributed by atoms with E-state index in [0.29, 0.717) is 11.3 Å². The van der Waals surface area contributed by atoms with Gasteiger partial charge in [0.05, 0.1) is 20.1 Å². The summed E-state index contributed by atoms with van der Waals surface area (Å²) in [6.07, 6.45) is 3.93. The van der Waals surface area contributed by atoms with Crippen molar-refractivity contribution in [3.8, 4) is 0 Å². The number of fused-ring (bicyclic) bond motifs is 1. The number of aromatic nitrogens is 1. The van der Waals surface area contributed by atoms with Crippen molar-refractivity contribution in [2.45, 2.75) is 43.5 Å². The summed E-state index contributed by atoms with van der Waals surface area (Å²) in [5.41, 5.74) is 1.91. The van der Waals surface area contributed by atoms with Crippen LogP contribution in [0.3, 0.4) is 0 Å². The minimum atomic E-state index is -3.55. The van der Waals surface area contributed by atoms with E-state index in [-0.39, 0.29) is 16.8 Å². The van der Waals surface area contributed by atoms with Crippen LogP contribution < -0.4 is 5.32 Å². The molecular weight excluding hydrogens is 406 g/mol. The fourth-order valence-electron chi connectivity index (χ4n) is 3.73. The summed E-state index contributed by atoms with van der Waals surface area (Å²) in [7, 11) is -1.91. The van der Waals surface area contributed by atoms with Gasteiger partial charge in [0.25, 0.3) is 5.91 Å². The Kier molecular flexibility index (Phi) is 5.42. The molecule has 1 aliphatic rings. The van der Waals surface area contributed by atoms with Crippen molar-refractivity contribution < 1.29 is 13.2 Å². The molecule has 3 aromatic rings. The van der Waals surface area contributed by atoms with Crippen LogP contribution in [0, 0.1) is 6.92 Å². The van der Waals surface area contributed by atoms with E-state index in [0.717, 1.165) is 40.9 Å². The van der Waals surface area contributed by atoms with Crippen molar-refractivity contribution >= 4 is 43.2 Å². The van der Waals surface area contributed by atoms with Crippen LogP contribution in [0.2, 0.25) is 0 Å². The maximum atomic E-state index is 12.8. The number of aryl methyl sites for hydroxylation is 1. The zero-order valence-corrected chi connectivity index (χ0v) is 18.0. The summed E-state index contributed by atoms with van der Waals surface area (Å²) in [4.78, 5) is 17.2. The van der Waals surface area contributed by atoms with E-state index in [1.165, 1.54) is 16.4 Å². The molecule has 0 atom stereocenters. The number of carbonyl (C=O) groups excluding carboxylic acids is 1. The monoisotopic (exact) mass is 429 g/mol. The number of nitrogens with one attached hydrogen (secondary N) is 1. The van der Waals surface area contributed by atoms with E-state index in [4.69, 9.17) is 0 Å². The lowest BCUT2D eigenvalue weighted by Gasteiger charge is -2.23. The average Bonchev–Trinajstić information content (AvgIpc) is 3.36. The highest BCUT2D eigenvalue weighted by Gasteiger charge is 2.30. The molecule has 0 bridgehead atoms. The predicted octanol–water partition coefficient (Wildman–Crippen LogP) is 4.42. The lowest BCUT2D eigenvalue weighted by atomic mass is 10.2. The van der Waals surface area contributed by atoms with E-state index in [9.17, 15) is 13.2 Å². The van der Waals surface area contributed by atoms with Crippen LogP contribution in [0.4, 0.5) is 5.69 Å². The van der Waals surface area contributed by atoms with Gasteiger partial charge in [-0.2, -0.15) is 4.31 Å². The Labute approximate surface area is 174 Å². The molecule has 1 fully saturated rings. The predicted molar refractivity (Wildman–Crippen MR) is 116 cm³/mol. The van der Waals surface area contributed by atoms with Crippen LogP contribution in [-0.2, 0) is 10.0 Å². The molecule has 0 aliphatic heterocycles. The van der Waals surface area contributed by atoms with Gasteiger partial charge in [-0.3, -0.25) is 4.79 Å². The van der Waals surface area contributed by atoms with Crippen LogP contribution in [0.15, 0.2) is 47.4 Å². The highest BCUT2D eigenvalue weighted by molar-refractivity contribution is 7.89. The Morgan fingerprint density at radius 3 is 2.52 bits per heavy atom. The SMILES string of the molecule is Cc1nc2cc(NC(=O)c3ccc(S(=O)(=O)N(C)C4CCCC4)cc3)ccc2s1. The molecule has 6 nitrogen and oxygen atoms in total. The second-order valence-electron chi connectivity index (χ2n) is 7.35. The van der Waals surface area contributed by atoms with Gasteiger partial charge in [0.15, 0.2) is 0 Å². The van der Waals surface area contributed by atoms with Gasteiger partial charge in [-0.1, -0.05) is 12.8 Å². The molecule has 0 spiro atoms. The van der Waals surface area contributed by atoms with Gasteiger partial charge in [-0.15, -0.1) is 11.3 Å². The second kappa shape index (κ2) is 7.85. The number of hydrogen-bond acceptors (Lipinski definition) is 5. The van der Waals surface area contributed by atoms with Gasteiger partial charge in [-0.05, 0) is 62.2 Å². The van der Waals surface area contributed by atoms with Gasteiger partial charge in [-0.25, -0.2) is 13.4 Å². The van der Waals surface area contributed by atoms with Crippen molar-refractivity contribution in [2.75, 3.05) is 12.4 Å². The second-order valence-corrected chi connectivity index (χ2v) is 10.6. The zero-order valence-electron chi connectivity index (χ0n) is 16.4. The first kappa shape index (κ1) is 20.0. The molecule has 29 heavy (non-hydrogen) atoms. The maximum absolute atomic E-state index is 12.8. The zero-order chi connectivity index (χ0) is 20.6. The van der Waals surface area contributed by atoms with E-state index >= 15 is 0 Å². The number of sulfonamides is 1. The molecule has 1 N–H and O–H groups in total. The van der Waals surface area contributed by atoms with Crippen LogP contribution in [0.25, 0.3) is 10.2 Å². The highest BCUT2D eigenvalue weighted by Crippen LogP contribution is 2.28. The third-order valence-electron chi connectivity index (χ3n) is 5.38. The van der Waals surface area contributed by atoms with Gasteiger partial charge < -0.3 is 5.32 Å². The molecule has 1 aromatic heterocycles. The minimum absolute atomic E-state index is 0.0623. The summed E-state index contributed by atoms with van der Waals surface area (Å²) in [6, 6.07) is 11.8. The van der Waals surface area contributed by atoms with E-state index in [2.05, 4.69) is 10.3 Å².